The third kappa shape index (κ3) is 1.91. The topological polar surface area (TPSA) is 78.9 Å². The van der Waals surface area contributed by atoms with Gasteiger partial charge in [-0.2, -0.15) is 5.26 Å². The second-order valence-electron chi connectivity index (χ2n) is 4.12. The van der Waals surface area contributed by atoms with E-state index in [1.165, 1.54) is 12.5 Å². The fourth-order valence-electron chi connectivity index (χ4n) is 2.06. The van der Waals surface area contributed by atoms with E-state index in [4.69, 9.17) is 0 Å². The van der Waals surface area contributed by atoms with Crippen molar-refractivity contribution in [3.8, 4) is 6.07 Å². The summed E-state index contributed by atoms with van der Waals surface area (Å²) >= 11 is 0. The summed E-state index contributed by atoms with van der Waals surface area (Å²) in [5.41, 5.74) is -0.361. The largest absolute Gasteiger partial charge is 0.363 e. The predicted octanol–water partition coefficient (Wildman–Crippen LogP) is 2.09. The molecule has 2 rings (SSSR count). The lowest BCUT2D eigenvalue weighted by Crippen LogP contribution is -2.36. The van der Waals surface area contributed by atoms with Crippen LogP contribution in [-0.2, 0) is 4.79 Å². The van der Waals surface area contributed by atoms with Gasteiger partial charge in [-0.15, -0.1) is 0 Å². The van der Waals surface area contributed by atoms with Crippen LogP contribution in [0.3, 0.4) is 0 Å². The van der Waals surface area contributed by atoms with Crippen molar-refractivity contribution in [2.24, 2.45) is 5.41 Å². The highest BCUT2D eigenvalue weighted by atomic mass is 16.5. The molecule has 0 aliphatic heterocycles. The summed E-state index contributed by atoms with van der Waals surface area (Å²) in [5, 5.41) is 15.4. The van der Waals surface area contributed by atoms with Gasteiger partial charge in [0.15, 0.2) is 0 Å². The molecule has 1 N–H and O–H groups in total. The number of aromatic nitrogens is 1. The molecular formula is C11H13N3O2. The molecule has 1 amide bonds. The van der Waals surface area contributed by atoms with Crippen molar-refractivity contribution in [1.82, 2.24) is 5.16 Å². The van der Waals surface area contributed by atoms with Crippen LogP contribution in [0.1, 0.15) is 32.1 Å². The number of nitriles is 1. The Labute approximate surface area is 93.4 Å². The summed E-state index contributed by atoms with van der Waals surface area (Å²) in [5.74, 6) is -0.238. The third-order valence-corrected chi connectivity index (χ3v) is 3.05. The highest BCUT2D eigenvalue weighted by molar-refractivity contribution is 5.97. The van der Waals surface area contributed by atoms with E-state index in [1.807, 2.05) is 0 Å². The molecule has 1 saturated carbocycles. The van der Waals surface area contributed by atoms with Crippen LogP contribution in [0.25, 0.3) is 0 Å². The first kappa shape index (κ1) is 10.7. The van der Waals surface area contributed by atoms with Crippen molar-refractivity contribution in [3.63, 3.8) is 0 Å². The van der Waals surface area contributed by atoms with Crippen molar-refractivity contribution in [3.05, 3.63) is 12.5 Å². The smallest absolute Gasteiger partial charge is 0.244 e. The molecule has 1 aliphatic rings. The van der Waals surface area contributed by atoms with Crippen LogP contribution < -0.4 is 5.32 Å². The lowest BCUT2D eigenvalue weighted by atomic mass is 9.74. The first-order valence-corrected chi connectivity index (χ1v) is 5.39. The summed E-state index contributed by atoms with van der Waals surface area (Å²) in [6.07, 6.45) is 7.03. The molecule has 1 aromatic heterocycles. The fraction of sp³-hybridized carbons (Fsp3) is 0.545. The molecule has 1 fully saturated rings. The Morgan fingerprint density at radius 2 is 2.25 bits per heavy atom. The average molecular weight is 219 g/mol. The zero-order chi connectivity index (χ0) is 11.4. The molecule has 0 aromatic carbocycles. The first-order valence-electron chi connectivity index (χ1n) is 5.39. The second-order valence-corrected chi connectivity index (χ2v) is 4.12. The Kier molecular flexibility index (Phi) is 2.91. The normalized spacial score (nSPS) is 18.7. The van der Waals surface area contributed by atoms with Crippen LogP contribution in [0, 0.1) is 16.7 Å². The maximum atomic E-state index is 12.0. The number of anilines is 1. The minimum absolute atomic E-state index is 0.238. The van der Waals surface area contributed by atoms with Gasteiger partial charge in [0.1, 0.15) is 17.4 Å². The van der Waals surface area contributed by atoms with Gasteiger partial charge in [0, 0.05) is 0 Å². The van der Waals surface area contributed by atoms with Gasteiger partial charge in [0.25, 0.3) is 0 Å². The Morgan fingerprint density at radius 3 is 2.81 bits per heavy atom. The molecule has 0 unspecified atom stereocenters. The molecule has 5 heteroatoms. The molecule has 0 radical (unpaired) electrons. The number of carbonyl (C=O) groups is 1. The van der Waals surface area contributed by atoms with E-state index in [0.29, 0.717) is 18.5 Å². The number of nitrogens with one attached hydrogen (secondary N) is 1. The van der Waals surface area contributed by atoms with E-state index in [9.17, 15) is 10.1 Å². The van der Waals surface area contributed by atoms with Gasteiger partial charge in [-0.05, 0) is 12.8 Å². The van der Waals surface area contributed by atoms with E-state index in [0.717, 1.165) is 19.3 Å². The van der Waals surface area contributed by atoms with Gasteiger partial charge in [-0.3, -0.25) is 4.79 Å². The predicted molar refractivity (Wildman–Crippen MR) is 56.3 cm³/mol. The van der Waals surface area contributed by atoms with Crippen LogP contribution in [0.2, 0.25) is 0 Å². The average Bonchev–Trinajstić information content (AvgIpc) is 2.82. The maximum absolute atomic E-state index is 12.0. The minimum Gasteiger partial charge on any atom is -0.363 e. The van der Waals surface area contributed by atoms with Crippen LogP contribution in [0.5, 0.6) is 0 Å². The lowest BCUT2D eigenvalue weighted by molar-refractivity contribution is -0.124. The number of nitrogens with zero attached hydrogens (tertiary/aromatic N) is 2. The van der Waals surface area contributed by atoms with Crippen molar-refractivity contribution in [2.45, 2.75) is 32.1 Å². The van der Waals surface area contributed by atoms with Crippen LogP contribution in [0.15, 0.2) is 17.0 Å². The van der Waals surface area contributed by atoms with Gasteiger partial charge in [0.05, 0.1) is 12.3 Å². The molecule has 1 aliphatic carbocycles. The Morgan fingerprint density at radius 1 is 1.50 bits per heavy atom. The number of rotatable bonds is 2. The molecule has 84 valence electrons. The zero-order valence-corrected chi connectivity index (χ0v) is 8.90. The van der Waals surface area contributed by atoms with Gasteiger partial charge in [0.2, 0.25) is 5.91 Å². The molecule has 0 bridgehead atoms. The van der Waals surface area contributed by atoms with Crippen molar-refractivity contribution in [2.75, 3.05) is 5.32 Å². The van der Waals surface area contributed by atoms with Crippen molar-refractivity contribution in [1.29, 1.82) is 5.26 Å². The van der Waals surface area contributed by atoms with Gasteiger partial charge >= 0.3 is 0 Å². The zero-order valence-electron chi connectivity index (χ0n) is 8.90. The fourth-order valence-corrected chi connectivity index (χ4v) is 2.06. The molecule has 0 atom stereocenters. The van der Waals surface area contributed by atoms with Crippen LogP contribution in [0.4, 0.5) is 5.69 Å². The number of amides is 1. The quantitative estimate of drug-likeness (QED) is 0.825. The Balaban J connectivity index is 2.10. The van der Waals surface area contributed by atoms with E-state index in [2.05, 4.69) is 21.1 Å². The summed E-state index contributed by atoms with van der Waals surface area (Å²) in [7, 11) is 0. The Bertz CT molecular complexity index is 399. The van der Waals surface area contributed by atoms with E-state index in [-0.39, 0.29) is 5.91 Å². The standard InChI is InChI=1S/C11H13N3O2/c12-8-11(4-2-1-3-5-11)10(15)14-9-6-13-16-7-9/h6-7H,1-5H2,(H,14,15). The van der Waals surface area contributed by atoms with Gasteiger partial charge in [-0.1, -0.05) is 24.4 Å². The lowest BCUT2D eigenvalue weighted by Gasteiger charge is -2.28. The summed E-state index contributed by atoms with van der Waals surface area (Å²) in [6, 6.07) is 2.17. The van der Waals surface area contributed by atoms with Gasteiger partial charge < -0.3 is 9.84 Å². The summed E-state index contributed by atoms with van der Waals surface area (Å²) in [4.78, 5) is 12.0. The molecular weight excluding hydrogens is 206 g/mol. The third-order valence-electron chi connectivity index (χ3n) is 3.05. The first-order chi connectivity index (χ1) is 7.77. The molecule has 0 saturated heterocycles. The SMILES string of the molecule is N#CC1(C(=O)Nc2cnoc2)CCCCC1. The van der Waals surface area contributed by atoms with Crippen LogP contribution >= 0.6 is 0 Å². The molecule has 0 spiro atoms. The van der Waals surface area contributed by atoms with E-state index < -0.39 is 5.41 Å². The van der Waals surface area contributed by atoms with E-state index >= 15 is 0 Å². The number of carbonyl (C=O) groups excluding carboxylic acids is 1. The van der Waals surface area contributed by atoms with Gasteiger partial charge in [-0.25, -0.2) is 0 Å². The summed E-state index contributed by atoms with van der Waals surface area (Å²) in [6.45, 7) is 0. The number of hydrogen-bond donors (Lipinski definition) is 1. The van der Waals surface area contributed by atoms with Crippen molar-refractivity contribution >= 4 is 11.6 Å². The maximum Gasteiger partial charge on any atom is 0.244 e. The molecule has 1 aromatic rings. The molecule has 5 nitrogen and oxygen atoms in total. The van der Waals surface area contributed by atoms with E-state index in [1.54, 1.807) is 0 Å². The highest BCUT2D eigenvalue weighted by Crippen LogP contribution is 2.36. The highest BCUT2D eigenvalue weighted by Gasteiger charge is 2.39. The summed E-state index contributed by atoms with van der Waals surface area (Å²) < 4.78 is 4.62. The van der Waals surface area contributed by atoms with Crippen LogP contribution in [-0.4, -0.2) is 11.1 Å². The number of hydrogen-bond acceptors (Lipinski definition) is 4. The monoisotopic (exact) mass is 219 g/mol. The van der Waals surface area contributed by atoms with Crippen molar-refractivity contribution < 1.29 is 9.32 Å². The molecule has 16 heavy (non-hydrogen) atoms. The Hall–Kier alpha value is -1.83. The second kappa shape index (κ2) is 4.35. The minimum atomic E-state index is -0.866. The molecule has 1 heterocycles.